The Labute approximate surface area is 121 Å². The molecule has 0 saturated carbocycles. The van der Waals surface area contributed by atoms with E-state index in [0.717, 1.165) is 17.2 Å². The molecule has 0 radical (unpaired) electrons. The molecule has 1 amide bonds. The van der Waals surface area contributed by atoms with Crippen LogP contribution in [0.25, 0.3) is 0 Å². The second-order valence-electron chi connectivity index (χ2n) is 3.85. The molecule has 0 saturated heterocycles. The van der Waals surface area contributed by atoms with E-state index in [9.17, 15) is 4.79 Å². The molecular formula is C14H15NO2S2. The molecule has 0 bridgehead atoms. The quantitative estimate of drug-likeness (QED) is 0.884. The lowest BCUT2D eigenvalue weighted by Crippen LogP contribution is -2.14. The van der Waals surface area contributed by atoms with Crippen LogP contribution in [0, 0.1) is 0 Å². The third-order valence-corrected chi connectivity index (χ3v) is 4.45. The van der Waals surface area contributed by atoms with E-state index in [2.05, 4.69) is 11.4 Å². The van der Waals surface area contributed by atoms with Crippen LogP contribution in [0.2, 0.25) is 0 Å². The maximum absolute atomic E-state index is 11.8. The molecular weight excluding hydrogens is 278 g/mol. The van der Waals surface area contributed by atoms with Gasteiger partial charge in [0, 0.05) is 22.4 Å². The van der Waals surface area contributed by atoms with Gasteiger partial charge in [0.25, 0.3) is 0 Å². The maximum atomic E-state index is 11.8. The van der Waals surface area contributed by atoms with E-state index in [1.54, 1.807) is 30.2 Å². The average Bonchev–Trinajstić information content (AvgIpc) is 2.92. The van der Waals surface area contributed by atoms with Crippen LogP contribution in [0.4, 0.5) is 5.69 Å². The third kappa shape index (κ3) is 4.61. The van der Waals surface area contributed by atoms with Crippen LogP contribution in [-0.2, 0) is 10.5 Å². The number of carbonyl (C=O) groups is 1. The molecule has 0 aliphatic carbocycles. The predicted octanol–water partition coefficient (Wildman–Crippen LogP) is 3.63. The van der Waals surface area contributed by atoms with Crippen LogP contribution in [0.3, 0.4) is 0 Å². The first kappa shape index (κ1) is 14.0. The number of rotatable bonds is 6. The highest BCUT2D eigenvalue weighted by Gasteiger charge is 2.04. The highest BCUT2D eigenvalue weighted by Crippen LogP contribution is 2.19. The van der Waals surface area contributed by atoms with Crippen LogP contribution in [-0.4, -0.2) is 18.8 Å². The summed E-state index contributed by atoms with van der Waals surface area (Å²) in [6, 6.07) is 11.5. The van der Waals surface area contributed by atoms with Crippen molar-refractivity contribution in [1.82, 2.24) is 0 Å². The Balaban J connectivity index is 1.77. The minimum absolute atomic E-state index is 0.00908. The van der Waals surface area contributed by atoms with E-state index < -0.39 is 0 Å². The van der Waals surface area contributed by atoms with Crippen molar-refractivity contribution in [1.29, 1.82) is 0 Å². The third-order valence-electron chi connectivity index (χ3n) is 2.41. The first-order chi connectivity index (χ1) is 9.28. The maximum Gasteiger partial charge on any atom is 0.234 e. The number of carbonyl (C=O) groups excluding carboxylic acids is 1. The van der Waals surface area contributed by atoms with E-state index in [1.165, 1.54) is 4.88 Å². The van der Waals surface area contributed by atoms with Gasteiger partial charge in [-0.05, 0) is 23.6 Å². The number of thiophene rings is 1. The molecule has 100 valence electrons. The highest BCUT2D eigenvalue weighted by molar-refractivity contribution is 7.99. The Morgan fingerprint density at radius 1 is 1.37 bits per heavy atom. The molecule has 1 aromatic carbocycles. The minimum atomic E-state index is 0.00908. The second-order valence-corrected chi connectivity index (χ2v) is 5.87. The van der Waals surface area contributed by atoms with Crippen LogP contribution in [0.5, 0.6) is 5.75 Å². The van der Waals surface area contributed by atoms with Crippen molar-refractivity contribution in [2.75, 3.05) is 18.2 Å². The lowest BCUT2D eigenvalue weighted by molar-refractivity contribution is -0.113. The number of methoxy groups -OCH3 is 1. The van der Waals surface area contributed by atoms with Gasteiger partial charge in [-0.15, -0.1) is 23.1 Å². The Bertz CT molecular complexity index is 526. The van der Waals surface area contributed by atoms with Crippen molar-refractivity contribution in [3.8, 4) is 5.75 Å². The summed E-state index contributed by atoms with van der Waals surface area (Å²) in [5.74, 6) is 2.08. The largest absolute Gasteiger partial charge is 0.497 e. The van der Waals surface area contributed by atoms with Gasteiger partial charge in [0.15, 0.2) is 0 Å². The van der Waals surface area contributed by atoms with Crippen LogP contribution < -0.4 is 10.1 Å². The summed E-state index contributed by atoms with van der Waals surface area (Å²) in [5.41, 5.74) is 0.765. The van der Waals surface area contributed by atoms with Gasteiger partial charge in [0.05, 0.1) is 12.9 Å². The number of ether oxygens (including phenoxy) is 1. The van der Waals surface area contributed by atoms with Crippen LogP contribution in [0.1, 0.15) is 4.88 Å². The van der Waals surface area contributed by atoms with Crippen molar-refractivity contribution in [2.24, 2.45) is 0 Å². The summed E-state index contributed by atoms with van der Waals surface area (Å²) in [6.07, 6.45) is 0. The van der Waals surface area contributed by atoms with Crippen molar-refractivity contribution >= 4 is 34.7 Å². The molecule has 2 aromatic rings. The molecule has 1 heterocycles. The van der Waals surface area contributed by atoms with Crippen molar-refractivity contribution in [3.63, 3.8) is 0 Å². The predicted molar refractivity (Wildman–Crippen MR) is 82.1 cm³/mol. The fraction of sp³-hybridized carbons (Fsp3) is 0.214. The Kier molecular flexibility index (Phi) is 5.30. The number of nitrogens with one attached hydrogen (secondary N) is 1. The van der Waals surface area contributed by atoms with Gasteiger partial charge >= 0.3 is 0 Å². The van der Waals surface area contributed by atoms with Crippen LogP contribution >= 0.6 is 23.1 Å². The van der Waals surface area contributed by atoms with Gasteiger partial charge in [0.1, 0.15) is 5.75 Å². The number of benzene rings is 1. The number of anilines is 1. The molecule has 1 aromatic heterocycles. The summed E-state index contributed by atoms with van der Waals surface area (Å²) < 4.78 is 5.11. The van der Waals surface area contributed by atoms with Gasteiger partial charge in [-0.3, -0.25) is 4.79 Å². The van der Waals surface area contributed by atoms with Gasteiger partial charge in [-0.1, -0.05) is 12.1 Å². The summed E-state index contributed by atoms with van der Waals surface area (Å²) in [6.45, 7) is 0. The van der Waals surface area contributed by atoms with Crippen LogP contribution in [0.15, 0.2) is 41.8 Å². The average molecular weight is 293 g/mol. The topological polar surface area (TPSA) is 38.3 Å². The highest BCUT2D eigenvalue weighted by atomic mass is 32.2. The molecule has 3 nitrogen and oxygen atoms in total. The summed E-state index contributed by atoms with van der Waals surface area (Å²) in [4.78, 5) is 13.1. The fourth-order valence-electron chi connectivity index (χ4n) is 1.54. The lowest BCUT2D eigenvalue weighted by Gasteiger charge is -2.06. The first-order valence-electron chi connectivity index (χ1n) is 5.82. The molecule has 0 unspecified atom stereocenters. The molecule has 1 N–H and O–H groups in total. The minimum Gasteiger partial charge on any atom is -0.497 e. The van der Waals surface area contributed by atoms with E-state index in [0.29, 0.717) is 5.75 Å². The van der Waals surface area contributed by atoms with E-state index in [4.69, 9.17) is 4.74 Å². The Morgan fingerprint density at radius 2 is 2.26 bits per heavy atom. The zero-order valence-corrected chi connectivity index (χ0v) is 12.2. The SMILES string of the molecule is COc1cccc(NC(=O)CSCc2cccs2)c1. The van der Waals surface area contributed by atoms with E-state index in [-0.39, 0.29) is 5.91 Å². The van der Waals surface area contributed by atoms with Gasteiger partial charge < -0.3 is 10.1 Å². The molecule has 0 spiro atoms. The van der Waals surface area contributed by atoms with E-state index >= 15 is 0 Å². The van der Waals surface area contributed by atoms with Crippen molar-refractivity contribution in [3.05, 3.63) is 46.7 Å². The molecule has 19 heavy (non-hydrogen) atoms. The molecule has 0 fully saturated rings. The molecule has 0 atom stereocenters. The Hall–Kier alpha value is -1.46. The number of thioether (sulfide) groups is 1. The lowest BCUT2D eigenvalue weighted by atomic mass is 10.3. The summed E-state index contributed by atoms with van der Waals surface area (Å²) in [5, 5.41) is 4.91. The number of amides is 1. The molecule has 5 heteroatoms. The first-order valence-corrected chi connectivity index (χ1v) is 7.85. The van der Waals surface area contributed by atoms with Gasteiger partial charge in [-0.2, -0.15) is 0 Å². The van der Waals surface area contributed by atoms with E-state index in [1.807, 2.05) is 35.7 Å². The summed E-state index contributed by atoms with van der Waals surface area (Å²) >= 11 is 3.33. The zero-order valence-electron chi connectivity index (χ0n) is 10.6. The van der Waals surface area contributed by atoms with Crippen molar-refractivity contribution < 1.29 is 9.53 Å². The molecule has 0 aliphatic rings. The number of hydrogen-bond donors (Lipinski definition) is 1. The van der Waals surface area contributed by atoms with Crippen molar-refractivity contribution in [2.45, 2.75) is 5.75 Å². The normalized spacial score (nSPS) is 10.2. The Morgan fingerprint density at radius 3 is 3.00 bits per heavy atom. The number of hydrogen-bond acceptors (Lipinski definition) is 4. The zero-order chi connectivity index (χ0) is 13.5. The fourth-order valence-corrected chi connectivity index (χ4v) is 3.21. The molecule has 0 aliphatic heterocycles. The monoisotopic (exact) mass is 293 g/mol. The standard InChI is InChI=1S/C14H15NO2S2/c1-17-12-5-2-4-11(8-12)15-14(16)10-18-9-13-6-3-7-19-13/h2-8H,9-10H2,1H3,(H,15,16). The second kappa shape index (κ2) is 7.21. The van der Waals surface area contributed by atoms with Gasteiger partial charge in [-0.25, -0.2) is 0 Å². The van der Waals surface area contributed by atoms with Gasteiger partial charge in [0.2, 0.25) is 5.91 Å². The molecule has 2 rings (SSSR count). The smallest absolute Gasteiger partial charge is 0.234 e. The summed E-state index contributed by atoms with van der Waals surface area (Å²) in [7, 11) is 1.61.